The SMILES string of the molecule is Clc1cc(CNc2nnc(Br)s2)c(Cl)s1. The maximum Gasteiger partial charge on any atom is 0.206 e. The van der Waals surface area contributed by atoms with Crippen molar-refractivity contribution in [1.29, 1.82) is 0 Å². The van der Waals surface area contributed by atoms with E-state index in [1.807, 2.05) is 6.07 Å². The number of hydrogen-bond donors (Lipinski definition) is 1. The first-order chi connectivity index (χ1) is 7.15. The fourth-order valence-electron chi connectivity index (χ4n) is 0.942. The van der Waals surface area contributed by atoms with Crippen molar-refractivity contribution < 1.29 is 0 Å². The van der Waals surface area contributed by atoms with E-state index < -0.39 is 0 Å². The summed E-state index contributed by atoms with van der Waals surface area (Å²) < 4.78 is 2.14. The molecule has 8 heteroatoms. The van der Waals surface area contributed by atoms with Gasteiger partial charge in [-0.05, 0) is 22.0 Å². The lowest BCUT2D eigenvalue weighted by Crippen LogP contribution is -1.97. The number of anilines is 1. The Balaban J connectivity index is 2.01. The van der Waals surface area contributed by atoms with Crippen LogP contribution in [0.3, 0.4) is 0 Å². The average Bonchev–Trinajstić information content (AvgIpc) is 2.70. The summed E-state index contributed by atoms with van der Waals surface area (Å²) in [4.78, 5) is 0. The molecule has 15 heavy (non-hydrogen) atoms. The minimum absolute atomic E-state index is 0.601. The number of halogens is 3. The standard InChI is InChI=1S/C7H4BrCl2N3S2/c8-6-12-13-7(15-6)11-2-3-1-4(9)14-5(3)10/h1H,2H2,(H,11,13). The summed E-state index contributed by atoms with van der Waals surface area (Å²) in [6.07, 6.45) is 0. The third-order valence-corrected chi connectivity index (χ3v) is 4.44. The van der Waals surface area contributed by atoms with Gasteiger partial charge in [0.25, 0.3) is 0 Å². The zero-order valence-electron chi connectivity index (χ0n) is 7.13. The van der Waals surface area contributed by atoms with E-state index in [2.05, 4.69) is 31.4 Å². The van der Waals surface area contributed by atoms with Crippen molar-refractivity contribution in [1.82, 2.24) is 10.2 Å². The monoisotopic (exact) mass is 343 g/mol. The molecule has 2 aromatic heterocycles. The largest absolute Gasteiger partial charge is 0.356 e. The number of aromatic nitrogens is 2. The zero-order valence-corrected chi connectivity index (χ0v) is 11.9. The van der Waals surface area contributed by atoms with Crippen LogP contribution in [0.5, 0.6) is 0 Å². The topological polar surface area (TPSA) is 37.8 Å². The first kappa shape index (κ1) is 11.6. The lowest BCUT2D eigenvalue weighted by atomic mass is 10.3. The molecule has 3 nitrogen and oxygen atoms in total. The van der Waals surface area contributed by atoms with Crippen LogP contribution in [0.1, 0.15) is 5.56 Å². The molecule has 0 bridgehead atoms. The molecule has 0 aromatic carbocycles. The van der Waals surface area contributed by atoms with Crippen molar-refractivity contribution in [2.24, 2.45) is 0 Å². The average molecular weight is 345 g/mol. The van der Waals surface area contributed by atoms with Crippen LogP contribution >= 0.6 is 61.8 Å². The second kappa shape index (κ2) is 4.97. The predicted molar refractivity (Wildman–Crippen MR) is 69.3 cm³/mol. The Kier molecular flexibility index (Phi) is 3.84. The summed E-state index contributed by atoms with van der Waals surface area (Å²) in [5.41, 5.74) is 0.970. The quantitative estimate of drug-likeness (QED) is 0.902. The van der Waals surface area contributed by atoms with Crippen molar-refractivity contribution in [2.75, 3.05) is 5.32 Å². The summed E-state index contributed by atoms with van der Waals surface area (Å²) >= 11 is 17.8. The molecular weight excluding hydrogens is 341 g/mol. The van der Waals surface area contributed by atoms with E-state index in [9.17, 15) is 0 Å². The van der Waals surface area contributed by atoms with Gasteiger partial charge >= 0.3 is 0 Å². The van der Waals surface area contributed by atoms with Crippen LogP contribution in [0, 0.1) is 0 Å². The fraction of sp³-hybridized carbons (Fsp3) is 0.143. The Morgan fingerprint density at radius 1 is 1.33 bits per heavy atom. The second-order valence-corrected chi connectivity index (χ2v) is 7.10. The molecule has 0 aliphatic rings. The summed E-state index contributed by atoms with van der Waals surface area (Å²) in [6, 6.07) is 1.84. The van der Waals surface area contributed by atoms with E-state index in [0.717, 1.165) is 14.6 Å². The first-order valence-electron chi connectivity index (χ1n) is 3.82. The minimum Gasteiger partial charge on any atom is -0.356 e. The second-order valence-electron chi connectivity index (χ2n) is 2.56. The molecular formula is C7H4BrCl2N3S2. The van der Waals surface area contributed by atoms with Crippen LogP contribution in [0.25, 0.3) is 0 Å². The molecule has 2 rings (SSSR count). The molecule has 80 valence electrons. The van der Waals surface area contributed by atoms with E-state index in [1.54, 1.807) is 0 Å². The zero-order chi connectivity index (χ0) is 10.8. The molecule has 0 aliphatic heterocycles. The molecule has 1 N–H and O–H groups in total. The van der Waals surface area contributed by atoms with Gasteiger partial charge in [0.1, 0.15) is 0 Å². The van der Waals surface area contributed by atoms with Crippen molar-refractivity contribution in [3.05, 3.63) is 24.2 Å². The van der Waals surface area contributed by atoms with Gasteiger partial charge < -0.3 is 5.32 Å². The van der Waals surface area contributed by atoms with Crippen molar-refractivity contribution in [2.45, 2.75) is 6.54 Å². The van der Waals surface area contributed by atoms with Gasteiger partial charge in [-0.1, -0.05) is 34.5 Å². The minimum atomic E-state index is 0.601. The molecule has 0 atom stereocenters. The van der Waals surface area contributed by atoms with E-state index in [4.69, 9.17) is 23.2 Å². The van der Waals surface area contributed by atoms with Gasteiger partial charge in [-0.15, -0.1) is 21.5 Å². The van der Waals surface area contributed by atoms with Crippen LogP contribution in [-0.2, 0) is 6.54 Å². The Morgan fingerprint density at radius 3 is 2.67 bits per heavy atom. The molecule has 0 radical (unpaired) electrons. The van der Waals surface area contributed by atoms with E-state index in [0.29, 0.717) is 15.2 Å². The molecule has 0 fully saturated rings. The molecule has 0 saturated carbocycles. The molecule has 0 saturated heterocycles. The van der Waals surface area contributed by atoms with E-state index in [-0.39, 0.29) is 0 Å². The van der Waals surface area contributed by atoms with Gasteiger partial charge in [0.2, 0.25) is 5.13 Å². The summed E-state index contributed by atoms with van der Waals surface area (Å²) in [5.74, 6) is 0. The lowest BCUT2D eigenvalue weighted by molar-refractivity contribution is 1.04. The van der Waals surface area contributed by atoms with E-state index in [1.165, 1.54) is 22.7 Å². The Labute approximate surface area is 113 Å². The Bertz CT molecular complexity index is 471. The molecule has 0 spiro atoms. The van der Waals surface area contributed by atoms with Gasteiger partial charge in [-0.25, -0.2) is 0 Å². The third kappa shape index (κ3) is 3.04. The highest BCUT2D eigenvalue weighted by Gasteiger charge is 2.07. The number of hydrogen-bond acceptors (Lipinski definition) is 5. The maximum absolute atomic E-state index is 5.97. The van der Waals surface area contributed by atoms with Crippen molar-refractivity contribution in [3.8, 4) is 0 Å². The maximum atomic E-state index is 5.97. The number of rotatable bonds is 3. The Morgan fingerprint density at radius 2 is 2.13 bits per heavy atom. The number of thiophene rings is 1. The highest BCUT2D eigenvalue weighted by Crippen LogP contribution is 2.31. The molecule has 0 aliphatic carbocycles. The van der Waals surface area contributed by atoms with Crippen LogP contribution < -0.4 is 5.32 Å². The third-order valence-electron chi connectivity index (χ3n) is 1.56. The normalized spacial score (nSPS) is 10.6. The predicted octanol–water partition coefficient (Wildman–Crippen LogP) is 4.28. The van der Waals surface area contributed by atoms with Crippen LogP contribution in [0.2, 0.25) is 8.67 Å². The van der Waals surface area contributed by atoms with Crippen LogP contribution in [0.4, 0.5) is 5.13 Å². The van der Waals surface area contributed by atoms with E-state index >= 15 is 0 Å². The summed E-state index contributed by atoms with van der Waals surface area (Å²) in [5, 5.41) is 11.6. The van der Waals surface area contributed by atoms with Gasteiger partial charge in [0, 0.05) is 12.1 Å². The lowest BCUT2D eigenvalue weighted by Gasteiger charge is -1.98. The van der Waals surface area contributed by atoms with Gasteiger partial charge in [-0.3, -0.25) is 0 Å². The molecule has 0 unspecified atom stereocenters. The fourth-order valence-corrected chi connectivity index (χ4v) is 3.44. The van der Waals surface area contributed by atoms with Gasteiger partial charge in [0.05, 0.1) is 8.67 Å². The van der Waals surface area contributed by atoms with Gasteiger partial charge in [-0.2, -0.15) is 0 Å². The van der Waals surface area contributed by atoms with Crippen LogP contribution in [0.15, 0.2) is 9.98 Å². The van der Waals surface area contributed by atoms with Gasteiger partial charge in [0.15, 0.2) is 3.92 Å². The first-order valence-corrected chi connectivity index (χ1v) is 7.00. The van der Waals surface area contributed by atoms with Crippen molar-refractivity contribution in [3.63, 3.8) is 0 Å². The van der Waals surface area contributed by atoms with Crippen LogP contribution in [-0.4, -0.2) is 10.2 Å². The number of nitrogens with one attached hydrogen (secondary N) is 1. The highest BCUT2D eigenvalue weighted by molar-refractivity contribution is 9.11. The smallest absolute Gasteiger partial charge is 0.206 e. The number of nitrogens with zero attached hydrogens (tertiary/aromatic N) is 2. The molecule has 2 aromatic rings. The Hall–Kier alpha value is 0.120. The summed E-state index contributed by atoms with van der Waals surface area (Å²) in [7, 11) is 0. The molecule has 0 amide bonds. The van der Waals surface area contributed by atoms with Crippen molar-refractivity contribution >= 4 is 66.9 Å². The molecule has 2 heterocycles. The highest BCUT2D eigenvalue weighted by atomic mass is 79.9. The summed E-state index contributed by atoms with van der Waals surface area (Å²) in [6.45, 7) is 0.601.